The molecule has 23 nitrogen and oxygen atoms in total. The van der Waals surface area contributed by atoms with E-state index in [0.717, 1.165) is 0 Å². The minimum atomic E-state index is -1.34. The fourth-order valence-corrected chi connectivity index (χ4v) is 6.90. The Balaban J connectivity index is 3.39. The zero-order valence-electron chi connectivity index (χ0n) is 38.2. The van der Waals surface area contributed by atoms with E-state index in [-0.39, 0.29) is 38.5 Å². The maximum Gasteiger partial charge on any atom is 0.326 e. The van der Waals surface area contributed by atoms with Crippen LogP contribution in [0.3, 0.4) is 0 Å². The summed E-state index contributed by atoms with van der Waals surface area (Å²) in [7, 11) is 0. The van der Waals surface area contributed by atoms with Gasteiger partial charge in [0.1, 0.15) is 36.3 Å². The third-order valence-electron chi connectivity index (χ3n) is 10.8. The summed E-state index contributed by atoms with van der Waals surface area (Å²) in [6.07, 6.45) is 10.2. The number of rotatable bonds is 39. The minimum absolute atomic E-state index is 0.0895. The number of unbranched alkanes of at least 4 members (excludes halogenated alkanes) is 6. The summed E-state index contributed by atoms with van der Waals surface area (Å²) >= 11 is 0. The van der Waals surface area contributed by atoms with Crippen molar-refractivity contribution in [2.45, 2.75) is 164 Å². The Kier molecular flexibility index (Phi) is 31.8. The molecule has 0 aliphatic heterocycles. The lowest BCUT2D eigenvalue weighted by molar-refractivity contribution is -0.142. The van der Waals surface area contributed by atoms with Crippen molar-refractivity contribution >= 4 is 41.4 Å². The highest BCUT2D eigenvalue weighted by atomic mass is 16.4. The molecule has 372 valence electrons. The van der Waals surface area contributed by atoms with Gasteiger partial charge in [-0.2, -0.15) is 0 Å². The van der Waals surface area contributed by atoms with Gasteiger partial charge in [-0.05, 0) is 148 Å². The third kappa shape index (κ3) is 24.9. The number of nitrogens with one attached hydrogen (secondary N) is 7. The van der Waals surface area contributed by atoms with Gasteiger partial charge in [0, 0.05) is 18.3 Å². The van der Waals surface area contributed by atoms with Gasteiger partial charge in [0.2, 0.25) is 35.4 Å². The normalized spacial score (nSPS) is 14.4. The number of carboxylic acids is 1. The predicted molar refractivity (Wildman–Crippen MR) is 247 cm³/mol. The number of amides is 6. The van der Waals surface area contributed by atoms with Crippen LogP contribution in [0.25, 0.3) is 0 Å². The number of nitrogens with zero attached hydrogens (tertiary/aromatic N) is 1. The second-order valence-electron chi connectivity index (χ2n) is 16.3. The van der Waals surface area contributed by atoms with Crippen LogP contribution in [0.2, 0.25) is 0 Å². The Labute approximate surface area is 383 Å². The number of nitrogens with two attached hydrogens (primary N) is 7. The number of aromatic nitrogens is 2. The molecule has 0 spiro atoms. The van der Waals surface area contributed by atoms with Crippen molar-refractivity contribution in [1.82, 2.24) is 41.9 Å². The van der Waals surface area contributed by atoms with E-state index in [1.807, 2.05) is 0 Å². The van der Waals surface area contributed by atoms with Crippen LogP contribution in [0.15, 0.2) is 12.5 Å². The second kappa shape index (κ2) is 35.5. The van der Waals surface area contributed by atoms with E-state index in [2.05, 4.69) is 41.9 Å². The Morgan fingerprint density at radius 2 is 0.723 bits per heavy atom. The maximum absolute atomic E-state index is 14.2. The number of carboxylic acid groups (broad SMARTS) is 1. The highest BCUT2D eigenvalue weighted by Gasteiger charge is 2.33. The first kappa shape index (κ1) is 58.2. The van der Waals surface area contributed by atoms with Crippen LogP contribution < -0.4 is 72.0 Å². The zero-order valence-corrected chi connectivity index (χ0v) is 38.2. The average Bonchev–Trinajstić information content (AvgIpc) is 3.80. The third-order valence-corrected chi connectivity index (χ3v) is 10.8. The molecular weight excluding hydrogens is 843 g/mol. The maximum atomic E-state index is 14.2. The largest absolute Gasteiger partial charge is 0.480 e. The van der Waals surface area contributed by atoms with E-state index < -0.39 is 83.7 Å². The lowest BCUT2D eigenvalue weighted by Gasteiger charge is -2.28. The average molecular weight is 924 g/mol. The van der Waals surface area contributed by atoms with Crippen LogP contribution in [0.5, 0.6) is 0 Å². The number of imidazole rings is 1. The quantitative estimate of drug-likeness (QED) is 0.0294. The molecule has 1 aromatic heterocycles. The van der Waals surface area contributed by atoms with Crippen molar-refractivity contribution in [3.8, 4) is 0 Å². The van der Waals surface area contributed by atoms with E-state index in [0.29, 0.717) is 128 Å². The molecule has 1 rings (SSSR count). The number of hydrogen-bond acceptors (Lipinski definition) is 15. The molecule has 0 bridgehead atoms. The molecule has 7 atom stereocenters. The van der Waals surface area contributed by atoms with Gasteiger partial charge in [-0.25, -0.2) is 9.78 Å². The molecule has 0 aromatic carbocycles. The first-order valence-electron chi connectivity index (χ1n) is 23.2. The zero-order chi connectivity index (χ0) is 48.4. The number of H-pyrrole nitrogens is 1. The van der Waals surface area contributed by atoms with Crippen LogP contribution in [-0.2, 0) is 40.0 Å². The molecule has 0 unspecified atom stereocenters. The smallest absolute Gasteiger partial charge is 0.326 e. The molecule has 6 amide bonds. The molecule has 65 heavy (non-hydrogen) atoms. The first-order valence-corrected chi connectivity index (χ1v) is 23.2. The van der Waals surface area contributed by atoms with Gasteiger partial charge in [-0.1, -0.05) is 6.42 Å². The second-order valence-corrected chi connectivity index (χ2v) is 16.3. The van der Waals surface area contributed by atoms with Crippen molar-refractivity contribution in [3.05, 3.63) is 18.2 Å². The van der Waals surface area contributed by atoms with E-state index in [4.69, 9.17) is 40.1 Å². The van der Waals surface area contributed by atoms with Crippen LogP contribution in [-0.4, -0.2) is 138 Å². The van der Waals surface area contributed by atoms with Crippen LogP contribution in [0, 0.1) is 0 Å². The summed E-state index contributed by atoms with van der Waals surface area (Å²) in [5.41, 5.74) is 40.8. The topological polar surface area (TPSA) is 423 Å². The number of aromatic amines is 1. The van der Waals surface area contributed by atoms with Gasteiger partial charge in [0.15, 0.2) is 0 Å². The molecule has 0 aliphatic rings. The minimum Gasteiger partial charge on any atom is -0.480 e. The lowest BCUT2D eigenvalue weighted by atomic mass is 10.0. The van der Waals surface area contributed by atoms with Crippen molar-refractivity contribution in [2.24, 2.45) is 40.1 Å². The Morgan fingerprint density at radius 3 is 0.985 bits per heavy atom. The van der Waals surface area contributed by atoms with Gasteiger partial charge >= 0.3 is 5.97 Å². The highest BCUT2D eigenvalue weighted by Crippen LogP contribution is 2.11. The molecule has 0 aliphatic carbocycles. The molecule has 22 N–H and O–H groups in total. The van der Waals surface area contributed by atoms with E-state index in [1.165, 1.54) is 12.5 Å². The molecule has 0 saturated heterocycles. The lowest BCUT2D eigenvalue weighted by Crippen LogP contribution is -2.59. The molecule has 1 aromatic rings. The fourth-order valence-electron chi connectivity index (χ4n) is 6.90. The SMILES string of the molecule is NCCCC[C@H](NC(=O)[C@H](CCCCN)NC(=O)[C@H](CCCCN)NC(=O)[C@H](CCCCN)NC(=O)[C@H](CCCCN)NC(=O)[C@@H](N)CCCCN)C(=O)N[C@@H](Cc1cnc[nH]1)C(=O)O. The molecule has 23 heteroatoms. The van der Waals surface area contributed by atoms with E-state index >= 15 is 0 Å². The number of carbonyl (C=O) groups excluding carboxylic acids is 6. The Morgan fingerprint density at radius 1 is 0.446 bits per heavy atom. The first-order chi connectivity index (χ1) is 31.3. The number of aliphatic carboxylic acids is 1. The van der Waals surface area contributed by atoms with E-state index in [9.17, 15) is 38.7 Å². The molecule has 0 fully saturated rings. The summed E-state index contributed by atoms with van der Waals surface area (Å²) in [4.78, 5) is 102. The van der Waals surface area contributed by atoms with E-state index in [1.54, 1.807) is 0 Å². The summed E-state index contributed by atoms with van der Waals surface area (Å²) in [5.74, 6) is -5.23. The fraction of sp³-hybridized carbons (Fsp3) is 0.762. The Hall–Kier alpha value is -4.78. The monoisotopic (exact) mass is 924 g/mol. The van der Waals surface area contributed by atoms with Crippen LogP contribution >= 0.6 is 0 Å². The van der Waals surface area contributed by atoms with Gasteiger partial charge in [-0.15, -0.1) is 0 Å². The van der Waals surface area contributed by atoms with Gasteiger partial charge in [-0.3, -0.25) is 28.8 Å². The summed E-state index contributed by atoms with van der Waals surface area (Å²) in [6.45, 7) is 2.11. The van der Waals surface area contributed by atoms with Crippen molar-refractivity contribution in [2.75, 3.05) is 39.3 Å². The molecule has 0 saturated carbocycles. The summed E-state index contributed by atoms with van der Waals surface area (Å²) < 4.78 is 0. The van der Waals surface area contributed by atoms with Crippen LogP contribution in [0.1, 0.15) is 121 Å². The Bertz CT molecular complexity index is 1520. The van der Waals surface area contributed by atoms with Gasteiger partial charge < -0.3 is 82.1 Å². The standard InChI is InChI=1S/C42H81N15O8/c43-19-7-1-13-29(49)36(58)52-30(14-2-8-20-44)37(59)53-31(15-3-9-21-45)38(60)54-32(16-4-10-22-46)39(61)55-33(17-5-11-23-47)40(62)56-34(18-6-12-24-48)41(63)57-35(42(64)65)25-28-26-50-27-51-28/h26-27,29-35H,1-25,43-49H2,(H,50,51)(H,52,58)(H,53,59)(H,54,60)(H,55,61)(H,56,62)(H,57,63)(H,64,65)/t29-,30-,31-,32-,33-,34-,35-/m0/s1. The molecular formula is C42H81N15O8. The summed E-state index contributed by atoms with van der Waals surface area (Å²) in [6, 6.07) is -7.91. The number of carbonyl (C=O) groups is 7. The molecule has 0 radical (unpaired) electrons. The van der Waals surface area contributed by atoms with Crippen molar-refractivity contribution in [1.29, 1.82) is 0 Å². The number of hydrogen-bond donors (Lipinski definition) is 15. The van der Waals surface area contributed by atoms with Crippen molar-refractivity contribution in [3.63, 3.8) is 0 Å². The predicted octanol–water partition coefficient (Wildman–Crippen LogP) is -2.95. The summed E-state index contributed by atoms with van der Waals surface area (Å²) in [5, 5.41) is 26.1. The molecule has 1 heterocycles. The van der Waals surface area contributed by atoms with Gasteiger partial charge in [0.05, 0.1) is 12.4 Å². The van der Waals surface area contributed by atoms with Gasteiger partial charge in [0.25, 0.3) is 0 Å². The van der Waals surface area contributed by atoms with Crippen molar-refractivity contribution < 1.29 is 38.7 Å². The highest BCUT2D eigenvalue weighted by molar-refractivity contribution is 5.97. The van der Waals surface area contributed by atoms with Crippen LogP contribution in [0.4, 0.5) is 0 Å².